The molecule has 1 saturated heterocycles. The lowest BCUT2D eigenvalue weighted by Crippen LogP contribution is -2.39. The maximum absolute atomic E-state index is 5.68. The summed E-state index contributed by atoms with van der Waals surface area (Å²) in [5.74, 6) is 0. The molecule has 82 valence electrons. The molecule has 0 amide bonds. The normalized spacial score (nSPS) is 21.6. The van der Waals surface area contributed by atoms with Gasteiger partial charge < -0.3 is 10.1 Å². The number of hydrogen-bond donors (Lipinski definition) is 1. The van der Waals surface area contributed by atoms with Crippen molar-refractivity contribution in [1.82, 2.24) is 5.32 Å². The number of ether oxygens (including phenoxy) is 1. The summed E-state index contributed by atoms with van der Waals surface area (Å²) in [6.45, 7) is 4.90. The lowest BCUT2D eigenvalue weighted by atomic mass is 10.0. The quantitative estimate of drug-likeness (QED) is 0.890. The molecular weight excluding hydrogens is 254 g/mol. The molecule has 1 N–H and O–H groups in total. The van der Waals surface area contributed by atoms with E-state index in [1.165, 1.54) is 15.6 Å². The third kappa shape index (κ3) is 3.03. The van der Waals surface area contributed by atoms with Crippen LogP contribution < -0.4 is 5.32 Å². The highest BCUT2D eigenvalue weighted by Gasteiger charge is 2.13. The molecule has 0 bridgehead atoms. The second-order valence-electron chi connectivity index (χ2n) is 3.98. The maximum atomic E-state index is 5.68. The first kappa shape index (κ1) is 11.1. The molecule has 1 unspecified atom stereocenters. The van der Waals surface area contributed by atoms with E-state index in [-0.39, 0.29) is 0 Å². The molecule has 2 rings (SSSR count). The van der Waals surface area contributed by atoms with Crippen LogP contribution in [0.25, 0.3) is 0 Å². The van der Waals surface area contributed by atoms with Crippen molar-refractivity contribution in [3.8, 4) is 0 Å². The summed E-state index contributed by atoms with van der Waals surface area (Å²) in [5, 5.41) is 3.35. The number of rotatable bonds is 2. The zero-order chi connectivity index (χ0) is 10.7. The molecule has 0 saturated carbocycles. The summed E-state index contributed by atoms with van der Waals surface area (Å²) in [4.78, 5) is 0. The van der Waals surface area contributed by atoms with Gasteiger partial charge in [0.25, 0.3) is 0 Å². The topological polar surface area (TPSA) is 21.3 Å². The van der Waals surface area contributed by atoms with Crippen molar-refractivity contribution in [3.05, 3.63) is 33.8 Å². The van der Waals surface area contributed by atoms with Crippen molar-refractivity contribution in [2.45, 2.75) is 19.4 Å². The van der Waals surface area contributed by atoms with Gasteiger partial charge in [-0.1, -0.05) is 28.1 Å². The van der Waals surface area contributed by atoms with E-state index >= 15 is 0 Å². The van der Waals surface area contributed by atoms with Gasteiger partial charge in [-0.15, -0.1) is 0 Å². The Morgan fingerprint density at radius 1 is 1.53 bits per heavy atom. The first-order chi connectivity index (χ1) is 7.25. The van der Waals surface area contributed by atoms with Crippen LogP contribution in [0.15, 0.2) is 22.7 Å². The van der Waals surface area contributed by atoms with Gasteiger partial charge in [0.2, 0.25) is 0 Å². The van der Waals surface area contributed by atoms with Crippen molar-refractivity contribution < 1.29 is 4.74 Å². The van der Waals surface area contributed by atoms with Gasteiger partial charge in [0.1, 0.15) is 0 Å². The smallest absolute Gasteiger partial charge is 0.0740 e. The Morgan fingerprint density at radius 2 is 2.40 bits per heavy atom. The van der Waals surface area contributed by atoms with Crippen molar-refractivity contribution in [1.29, 1.82) is 0 Å². The third-order valence-electron chi connectivity index (χ3n) is 2.69. The average Bonchev–Trinajstić information content (AvgIpc) is 2.25. The van der Waals surface area contributed by atoms with Gasteiger partial charge in [-0.2, -0.15) is 0 Å². The van der Waals surface area contributed by atoms with E-state index < -0.39 is 0 Å². The predicted octanol–water partition coefficient (Wildman–Crippen LogP) is 2.29. The van der Waals surface area contributed by atoms with Gasteiger partial charge in [0, 0.05) is 17.6 Å². The number of halogens is 1. The summed E-state index contributed by atoms with van der Waals surface area (Å²) < 4.78 is 6.85. The number of aryl methyl sites for hydroxylation is 1. The van der Waals surface area contributed by atoms with E-state index in [9.17, 15) is 0 Å². The lowest BCUT2D eigenvalue weighted by Gasteiger charge is -2.23. The van der Waals surface area contributed by atoms with Crippen molar-refractivity contribution in [2.24, 2.45) is 0 Å². The number of benzene rings is 1. The molecule has 0 aliphatic carbocycles. The van der Waals surface area contributed by atoms with Crippen LogP contribution in [0.5, 0.6) is 0 Å². The average molecular weight is 270 g/mol. The number of nitrogens with one attached hydrogen (secondary N) is 1. The standard InChI is InChI=1S/C12H16BrNO/c1-9-6-10(2-3-12(9)13)7-11-8-14-4-5-15-11/h2-3,6,11,14H,4-5,7-8H2,1H3. The molecule has 15 heavy (non-hydrogen) atoms. The van der Waals surface area contributed by atoms with Crippen molar-refractivity contribution in [3.63, 3.8) is 0 Å². The lowest BCUT2D eigenvalue weighted by molar-refractivity contribution is 0.0292. The summed E-state index contributed by atoms with van der Waals surface area (Å²) in [5.41, 5.74) is 2.64. The maximum Gasteiger partial charge on any atom is 0.0740 e. The van der Waals surface area contributed by atoms with Gasteiger partial charge >= 0.3 is 0 Å². The van der Waals surface area contributed by atoms with Crippen LogP contribution in [0.3, 0.4) is 0 Å². The molecule has 0 spiro atoms. The van der Waals surface area contributed by atoms with Crippen molar-refractivity contribution in [2.75, 3.05) is 19.7 Å². The van der Waals surface area contributed by atoms with Crippen LogP contribution in [0, 0.1) is 6.92 Å². The van der Waals surface area contributed by atoms with Crippen LogP contribution in [0.2, 0.25) is 0 Å². The molecule has 2 nitrogen and oxygen atoms in total. The monoisotopic (exact) mass is 269 g/mol. The Bertz CT molecular complexity index is 334. The molecule has 1 heterocycles. The Hall–Kier alpha value is -0.380. The summed E-state index contributed by atoms with van der Waals surface area (Å²) in [6.07, 6.45) is 1.33. The summed E-state index contributed by atoms with van der Waals surface area (Å²) in [7, 11) is 0. The first-order valence-corrected chi connectivity index (χ1v) is 6.12. The molecule has 0 radical (unpaired) electrons. The van der Waals surface area contributed by atoms with Crippen LogP contribution in [0.4, 0.5) is 0 Å². The molecule has 1 atom stereocenters. The van der Waals surface area contributed by atoms with Crippen LogP contribution in [0.1, 0.15) is 11.1 Å². The fourth-order valence-corrected chi connectivity index (χ4v) is 2.09. The van der Waals surface area contributed by atoms with Gasteiger partial charge in [-0.05, 0) is 30.5 Å². The Balaban J connectivity index is 2.00. The van der Waals surface area contributed by atoms with Gasteiger partial charge in [-0.3, -0.25) is 0 Å². The largest absolute Gasteiger partial charge is 0.375 e. The highest BCUT2D eigenvalue weighted by Crippen LogP contribution is 2.18. The molecule has 0 aromatic heterocycles. The van der Waals surface area contributed by atoms with E-state index in [1.54, 1.807) is 0 Å². The Labute approximate surface area is 99.1 Å². The molecule has 1 aromatic rings. The minimum absolute atomic E-state index is 0.333. The minimum atomic E-state index is 0.333. The fraction of sp³-hybridized carbons (Fsp3) is 0.500. The molecule has 3 heteroatoms. The number of morpholine rings is 1. The highest BCUT2D eigenvalue weighted by atomic mass is 79.9. The number of hydrogen-bond acceptors (Lipinski definition) is 2. The highest BCUT2D eigenvalue weighted by molar-refractivity contribution is 9.10. The van der Waals surface area contributed by atoms with Crippen molar-refractivity contribution >= 4 is 15.9 Å². The zero-order valence-electron chi connectivity index (χ0n) is 8.92. The van der Waals surface area contributed by atoms with Crippen LogP contribution in [-0.2, 0) is 11.2 Å². The molecular formula is C12H16BrNO. The molecule has 1 aliphatic rings. The predicted molar refractivity (Wildman–Crippen MR) is 65.2 cm³/mol. The third-order valence-corrected chi connectivity index (χ3v) is 3.58. The Morgan fingerprint density at radius 3 is 3.07 bits per heavy atom. The Kier molecular flexibility index (Phi) is 3.78. The van der Waals surface area contributed by atoms with Crippen LogP contribution >= 0.6 is 15.9 Å². The van der Waals surface area contributed by atoms with Gasteiger partial charge in [0.15, 0.2) is 0 Å². The summed E-state index contributed by atoms with van der Waals surface area (Å²) >= 11 is 3.51. The van der Waals surface area contributed by atoms with Gasteiger partial charge in [0.05, 0.1) is 12.7 Å². The zero-order valence-corrected chi connectivity index (χ0v) is 10.5. The minimum Gasteiger partial charge on any atom is -0.375 e. The molecule has 1 aromatic carbocycles. The second kappa shape index (κ2) is 5.10. The summed E-state index contributed by atoms with van der Waals surface area (Å²) in [6, 6.07) is 6.50. The second-order valence-corrected chi connectivity index (χ2v) is 4.84. The first-order valence-electron chi connectivity index (χ1n) is 5.33. The molecule has 1 aliphatic heterocycles. The van der Waals surface area contributed by atoms with E-state index in [4.69, 9.17) is 4.74 Å². The van der Waals surface area contributed by atoms with E-state index in [1.807, 2.05) is 0 Å². The SMILES string of the molecule is Cc1cc(CC2CNCCO2)ccc1Br. The van der Waals surface area contributed by atoms with E-state index in [2.05, 4.69) is 46.4 Å². The van der Waals surface area contributed by atoms with Crippen LogP contribution in [-0.4, -0.2) is 25.8 Å². The molecule has 1 fully saturated rings. The fourth-order valence-electron chi connectivity index (χ4n) is 1.85. The van der Waals surface area contributed by atoms with Gasteiger partial charge in [-0.25, -0.2) is 0 Å². The van der Waals surface area contributed by atoms with E-state index in [0.29, 0.717) is 6.10 Å². The van der Waals surface area contributed by atoms with E-state index in [0.717, 1.165) is 26.1 Å².